The minimum atomic E-state index is -0.767. The molecule has 1 aliphatic rings. The summed E-state index contributed by atoms with van der Waals surface area (Å²) in [6.07, 6.45) is 0. The first kappa shape index (κ1) is 14.3. The van der Waals surface area contributed by atoms with Crippen molar-refractivity contribution >= 4 is 34.1 Å². The van der Waals surface area contributed by atoms with Crippen LogP contribution >= 0.6 is 12.2 Å². The van der Waals surface area contributed by atoms with Crippen LogP contribution in [-0.2, 0) is 0 Å². The van der Waals surface area contributed by atoms with Crippen molar-refractivity contribution in [2.45, 2.75) is 0 Å². The van der Waals surface area contributed by atoms with Gasteiger partial charge in [0, 0.05) is 0 Å². The fourth-order valence-electron chi connectivity index (χ4n) is 2.48. The van der Waals surface area contributed by atoms with Crippen LogP contribution in [0.5, 0.6) is 11.8 Å². The molecule has 0 atom stereocenters. The molecular weight excluding hydrogens is 330 g/mol. The van der Waals surface area contributed by atoms with E-state index in [1.807, 2.05) is 0 Å². The van der Waals surface area contributed by atoms with Gasteiger partial charge in [-0.3, -0.25) is 0 Å². The van der Waals surface area contributed by atoms with Crippen molar-refractivity contribution in [2.24, 2.45) is 9.98 Å². The molecule has 3 aromatic rings. The quantitative estimate of drug-likeness (QED) is 0.675. The second-order valence-electron chi connectivity index (χ2n) is 5.08. The van der Waals surface area contributed by atoms with Crippen LogP contribution in [-0.4, -0.2) is 26.0 Å². The molecule has 2 aromatic carbocycles. The van der Waals surface area contributed by atoms with Gasteiger partial charge in [0.25, 0.3) is 0 Å². The van der Waals surface area contributed by atoms with Gasteiger partial charge in [-0.05, 0) is 42.5 Å². The van der Waals surface area contributed by atoms with E-state index in [-0.39, 0.29) is 22.4 Å². The van der Waals surface area contributed by atoms with Gasteiger partial charge in [-0.25, -0.2) is 14.8 Å². The number of thiocarbonyl (C=S) groups is 1. The summed E-state index contributed by atoms with van der Waals surface area (Å²) >= 11 is 4.89. The standard InChI is InChI=1S/C16H9N3O4S/c20-13-9-3-1-2-4-10(9)14(21)19(13)23-15(22)8-5-6-11-12(7-8)18-16(24)17-11/h1-7,20-21H. The monoisotopic (exact) mass is 339 g/mol. The van der Waals surface area contributed by atoms with E-state index in [4.69, 9.17) is 17.1 Å². The summed E-state index contributed by atoms with van der Waals surface area (Å²) in [6, 6.07) is 11.2. The molecule has 2 N–H and O–H groups in total. The second-order valence-corrected chi connectivity index (χ2v) is 5.44. The number of carbonyl (C=O) groups excluding carboxylic acids is 1. The molecule has 4 rings (SSSR count). The molecule has 24 heavy (non-hydrogen) atoms. The Morgan fingerprint density at radius 3 is 2.29 bits per heavy atom. The summed E-state index contributed by atoms with van der Waals surface area (Å²) in [4.78, 5) is 25.5. The zero-order chi connectivity index (χ0) is 16.8. The lowest BCUT2D eigenvalue weighted by atomic mass is 10.2. The second kappa shape index (κ2) is 5.14. The van der Waals surface area contributed by atoms with Gasteiger partial charge in [0.2, 0.25) is 16.9 Å². The minimum absolute atomic E-state index is 0.189. The predicted octanol–water partition coefficient (Wildman–Crippen LogP) is 0.859. The van der Waals surface area contributed by atoms with Crippen LogP contribution in [0.2, 0.25) is 0 Å². The lowest BCUT2D eigenvalue weighted by Gasteiger charge is -2.06. The first-order valence-corrected chi connectivity index (χ1v) is 7.31. The van der Waals surface area contributed by atoms with Crippen LogP contribution in [0.15, 0.2) is 52.4 Å². The van der Waals surface area contributed by atoms with Crippen LogP contribution in [0.4, 0.5) is 0 Å². The highest BCUT2D eigenvalue weighted by molar-refractivity contribution is 7.80. The number of benzene rings is 2. The SMILES string of the molecule is O=C(On1c(O)c2ccccc2c1O)c1ccc2c(c1)=NC(=S)N=2. The molecule has 0 saturated heterocycles. The molecule has 7 nitrogen and oxygen atoms in total. The zero-order valence-corrected chi connectivity index (χ0v) is 12.8. The first-order chi connectivity index (χ1) is 11.5. The first-order valence-electron chi connectivity index (χ1n) is 6.90. The van der Waals surface area contributed by atoms with E-state index in [0.29, 0.717) is 26.2 Å². The maximum atomic E-state index is 12.3. The third-order valence-corrected chi connectivity index (χ3v) is 3.79. The Kier molecular flexibility index (Phi) is 3.07. The van der Waals surface area contributed by atoms with E-state index < -0.39 is 5.97 Å². The highest BCUT2D eigenvalue weighted by Gasteiger charge is 2.20. The predicted molar refractivity (Wildman–Crippen MR) is 87.5 cm³/mol. The number of carbonyl (C=O) groups is 1. The molecule has 1 aromatic heterocycles. The average molecular weight is 339 g/mol. The summed E-state index contributed by atoms with van der Waals surface area (Å²) < 4.78 is 0.687. The van der Waals surface area contributed by atoms with E-state index in [9.17, 15) is 15.0 Å². The molecule has 8 heteroatoms. The number of aromatic hydroxyl groups is 2. The van der Waals surface area contributed by atoms with Crippen molar-refractivity contribution in [3.8, 4) is 11.8 Å². The molecule has 0 aliphatic carbocycles. The van der Waals surface area contributed by atoms with Gasteiger partial charge in [0.05, 0.1) is 27.1 Å². The number of rotatable bonds is 2. The van der Waals surface area contributed by atoms with Crippen LogP contribution in [0.1, 0.15) is 10.4 Å². The normalized spacial score (nSPS) is 12.6. The van der Waals surface area contributed by atoms with Crippen molar-refractivity contribution in [1.29, 1.82) is 0 Å². The smallest absolute Gasteiger partial charge is 0.364 e. The molecule has 0 saturated carbocycles. The van der Waals surface area contributed by atoms with Gasteiger partial charge in [-0.1, -0.05) is 12.1 Å². The van der Waals surface area contributed by atoms with Gasteiger partial charge in [-0.2, -0.15) is 0 Å². The van der Waals surface area contributed by atoms with Crippen molar-refractivity contribution < 1.29 is 19.8 Å². The fraction of sp³-hybridized carbons (Fsp3) is 0. The zero-order valence-electron chi connectivity index (χ0n) is 12.0. The van der Waals surface area contributed by atoms with E-state index in [1.54, 1.807) is 30.3 Å². The van der Waals surface area contributed by atoms with Gasteiger partial charge in [0.1, 0.15) is 0 Å². The van der Waals surface area contributed by atoms with E-state index in [1.165, 1.54) is 12.1 Å². The molecule has 0 amide bonds. The summed E-state index contributed by atoms with van der Waals surface area (Å²) in [5.74, 6) is -1.49. The lowest BCUT2D eigenvalue weighted by Crippen LogP contribution is -2.26. The molecule has 0 radical (unpaired) electrons. The highest BCUT2D eigenvalue weighted by Crippen LogP contribution is 2.34. The van der Waals surface area contributed by atoms with Gasteiger partial charge < -0.3 is 15.1 Å². The van der Waals surface area contributed by atoms with Crippen molar-refractivity contribution in [3.63, 3.8) is 0 Å². The number of hydrogen-bond donors (Lipinski definition) is 2. The Bertz CT molecular complexity index is 1110. The molecule has 0 spiro atoms. The van der Waals surface area contributed by atoms with E-state index in [2.05, 4.69) is 9.98 Å². The third kappa shape index (κ3) is 2.12. The minimum Gasteiger partial charge on any atom is -0.492 e. The van der Waals surface area contributed by atoms with Crippen molar-refractivity contribution in [3.05, 3.63) is 58.7 Å². The molecule has 2 heterocycles. The van der Waals surface area contributed by atoms with Crippen molar-refractivity contribution in [1.82, 2.24) is 4.73 Å². The fourth-order valence-corrected chi connectivity index (χ4v) is 2.68. The largest absolute Gasteiger partial charge is 0.492 e. The Hall–Kier alpha value is -3.26. The summed E-state index contributed by atoms with van der Waals surface area (Å²) in [5, 5.41) is 22.3. The van der Waals surface area contributed by atoms with Crippen LogP contribution in [0.25, 0.3) is 10.8 Å². The van der Waals surface area contributed by atoms with Crippen molar-refractivity contribution in [2.75, 3.05) is 0 Å². The Morgan fingerprint density at radius 2 is 1.62 bits per heavy atom. The summed E-state index contributed by atoms with van der Waals surface area (Å²) in [6.45, 7) is 0. The molecule has 0 fully saturated rings. The van der Waals surface area contributed by atoms with Crippen LogP contribution in [0.3, 0.4) is 0 Å². The summed E-state index contributed by atoms with van der Waals surface area (Å²) in [5.41, 5.74) is 0.189. The Labute approximate surface area is 139 Å². The topological polar surface area (TPSA) is 96.4 Å². The number of fused-ring (bicyclic) bond motifs is 2. The molecule has 0 bridgehead atoms. The van der Waals surface area contributed by atoms with Crippen LogP contribution < -0.4 is 15.6 Å². The lowest BCUT2D eigenvalue weighted by molar-refractivity contribution is 0.0385. The highest BCUT2D eigenvalue weighted by atomic mass is 32.1. The summed E-state index contributed by atoms with van der Waals surface area (Å²) in [7, 11) is 0. The number of aromatic nitrogens is 1. The van der Waals surface area contributed by atoms with Crippen LogP contribution in [0, 0.1) is 0 Å². The molecule has 118 valence electrons. The van der Waals surface area contributed by atoms with E-state index >= 15 is 0 Å². The molecular formula is C16H9N3O4S. The van der Waals surface area contributed by atoms with E-state index in [0.717, 1.165) is 0 Å². The van der Waals surface area contributed by atoms with Gasteiger partial charge in [-0.15, -0.1) is 4.73 Å². The number of hydrogen-bond acceptors (Lipinski definition) is 5. The third-order valence-electron chi connectivity index (χ3n) is 3.61. The molecule has 0 unspecified atom stereocenters. The Morgan fingerprint density at radius 1 is 1.00 bits per heavy atom. The number of nitrogens with zero attached hydrogens (tertiary/aromatic N) is 3. The van der Waals surface area contributed by atoms with Gasteiger partial charge >= 0.3 is 5.97 Å². The average Bonchev–Trinajstić information content (AvgIpc) is 3.07. The Balaban J connectivity index is 1.74. The van der Waals surface area contributed by atoms with Gasteiger partial charge in [0.15, 0.2) is 0 Å². The maximum absolute atomic E-state index is 12.3. The molecule has 1 aliphatic heterocycles. The maximum Gasteiger partial charge on any atom is 0.364 e.